The first-order valence-electron chi connectivity index (χ1n) is 13.5. The van der Waals surface area contributed by atoms with E-state index in [1.807, 2.05) is 60.7 Å². The number of carbonyl (C=O) groups is 2. The Morgan fingerprint density at radius 1 is 0.953 bits per heavy atom. The minimum absolute atomic E-state index is 0.0860. The van der Waals surface area contributed by atoms with Crippen LogP contribution in [-0.2, 0) is 19.1 Å². The highest BCUT2D eigenvalue weighted by molar-refractivity contribution is 9.09. The average molecular weight is 715 g/mol. The number of carbonyl (C=O) groups excluding carboxylic acids is 2. The number of nitrogens with zero attached hydrogens (tertiary/aromatic N) is 2. The Morgan fingerprint density at radius 2 is 1.42 bits per heavy atom. The summed E-state index contributed by atoms with van der Waals surface area (Å²) in [5.74, 6) is 1.80. The van der Waals surface area contributed by atoms with Crippen LogP contribution in [0.5, 0.6) is 0 Å². The molecule has 2 unspecified atom stereocenters. The van der Waals surface area contributed by atoms with E-state index in [0.29, 0.717) is 19.6 Å². The smallest absolute Gasteiger partial charge is 0.334 e. The van der Waals surface area contributed by atoms with Crippen molar-refractivity contribution in [2.45, 2.75) is 32.7 Å². The lowest BCUT2D eigenvalue weighted by molar-refractivity contribution is -0.146. The molecule has 1 fully saturated rings. The molecule has 2 atom stereocenters. The van der Waals surface area contributed by atoms with Crippen molar-refractivity contribution < 1.29 is 19.1 Å². The highest BCUT2D eigenvalue weighted by atomic mass is 79.9. The van der Waals surface area contributed by atoms with Gasteiger partial charge >= 0.3 is 11.9 Å². The van der Waals surface area contributed by atoms with Gasteiger partial charge in [0.1, 0.15) is 6.54 Å². The summed E-state index contributed by atoms with van der Waals surface area (Å²) in [7, 11) is 0. The summed E-state index contributed by atoms with van der Waals surface area (Å²) in [4.78, 5) is 31.2. The van der Waals surface area contributed by atoms with Crippen molar-refractivity contribution in [3.8, 4) is 25.2 Å². The molecule has 1 saturated carbocycles. The van der Waals surface area contributed by atoms with Crippen LogP contribution < -0.4 is 0 Å². The zero-order chi connectivity index (χ0) is 32.8. The van der Waals surface area contributed by atoms with Crippen molar-refractivity contribution in [3.63, 3.8) is 0 Å². The fraction of sp³-hybridized carbons (Fsp3) is 0.314. The predicted molar refractivity (Wildman–Crippen MR) is 188 cm³/mol. The largest absolute Gasteiger partial charge is 0.465 e. The standard InChI is InChI=1S/C15H17NO2.C11H13NO2.C4H6Br2.C3H4.C2H2/c1-3-13-10-15(13,14(17)18-4-2)16-11-12-8-6-5-7-9-12;1-2-14-11(13)9-12-8-10-6-4-3-5-7-10;5-3-1-2-4-6;1-3-2;1-2/h3,5-9,11,13H,1,4,10H2,2H3;3-8H,2,9H2,1H3;1-2H,3-4H2;1H,2H3;1-2H/b;;2-1+;;. The van der Waals surface area contributed by atoms with E-state index in [9.17, 15) is 9.59 Å². The first-order valence-corrected chi connectivity index (χ1v) is 15.7. The topological polar surface area (TPSA) is 77.3 Å². The van der Waals surface area contributed by atoms with Gasteiger partial charge in [-0.25, -0.2) is 4.79 Å². The lowest BCUT2D eigenvalue weighted by Gasteiger charge is -2.09. The first kappa shape index (κ1) is 41.4. The van der Waals surface area contributed by atoms with Crippen molar-refractivity contribution in [3.05, 3.63) is 96.6 Å². The molecule has 0 aliphatic heterocycles. The summed E-state index contributed by atoms with van der Waals surface area (Å²) in [6.45, 7) is 9.84. The van der Waals surface area contributed by atoms with E-state index < -0.39 is 5.54 Å². The Balaban J connectivity index is 0. The van der Waals surface area contributed by atoms with Gasteiger partial charge in [0.15, 0.2) is 5.54 Å². The van der Waals surface area contributed by atoms with Crippen LogP contribution in [0, 0.1) is 31.1 Å². The van der Waals surface area contributed by atoms with Gasteiger partial charge in [-0.15, -0.1) is 31.8 Å². The molecule has 0 spiro atoms. The van der Waals surface area contributed by atoms with Crippen LogP contribution in [-0.4, -0.2) is 60.3 Å². The molecule has 0 radical (unpaired) electrons. The maximum Gasteiger partial charge on any atom is 0.334 e. The minimum atomic E-state index is -0.729. The molecular weight excluding hydrogens is 672 g/mol. The molecule has 0 N–H and O–H groups in total. The van der Waals surface area contributed by atoms with Crippen molar-refractivity contribution in [2.75, 3.05) is 30.4 Å². The second-order valence-corrected chi connectivity index (χ2v) is 9.41. The number of terminal acetylenes is 2. The van der Waals surface area contributed by atoms with Crippen LogP contribution in [0.25, 0.3) is 0 Å². The van der Waals surface area contributed by atoms with Gasteiger partial charge in [-0.1, -0.05) is 111 Å². The summed E-state index contributed by atoms with van der Waals surface area (Å²) in [5.41, 5.74) is 1.24. The third-order valence-corrected chi connectivity index (χ3v) is 5.80. The first-order chi connectivity index (χ1) is 20.9. The number of benzene rings is 2. The van der Waals surface area contributed by atoms with Gasteiger partial charge < -0.3 is 9.47 Å². The Morgan fingerprint density at radius 3 is 1.81 bits per heavy atom. The number of halogens is 2. The van der Waals surface area contributed by atoms with Crippen LogP contribution in [0.3, 0.4) is 0 Å². The van der Waals surface area contributed by atoms with E-state index in [4.69, 9.17) is 9.47 Å². The summed E-state index contributed by atoms with van der Waals surface area (Å²) < 4.78 is 9.82. The lowest BCUT2D eigenvalue weighted by Crippen LogP contribution is -2.25. The molecule has 1 aliphatic carbocycles. The van der Waals surface area contributed by atoms with Gasteiger partial charge in [0.05, 0.1) is 13.2 Å². The Bertz CT molecular complexity index is 1170. The molecule has 0 bridgehead atoms. The molecule has 43 heavy (non-hydrogen) atoms. The quantitative estimate of drug-likeness (QED) is 0.0795. The molecule has 3 rings (SSSR count). The van der Waals surface area contributed by atoms with Gasteiger partial charge in [0, 0.05) is 29.0 Å². The highest BCUT2D eigenvalue weighted by Gasteiger charge is 2.60. The van der Waals surface area contributed by atoms with Crippen molar-refractivity contribution in [1.29, 1.82) is 0 Å². The molecule has 230 valence electrons. The molecule has 1 aliphatic rings. The number of hydrogen-bond donors (Lipinski definition) is 0. The zero-order valence-electron chi connectivity index (χ0n) is 25.2. The van der Waals surface area contributed by atoms with Gasteiger partial charge in [-0.05, 0) is 38.3 Å². The third kappa shape index (κ3) is 19.9. The lowest BCUT2D eigenvalue weighted by atomic mass is 10.2. The molecule has 0 saturated heterocycles. The van der Waals surface area contributed by atoms with Gasteiger partial charge in [-0.3, -0.25) is 14.8 Å². The van der Waals surface area contributed by atoms with Crippen LogP contribution in [0.1, 0.15) is 38.3 Å². The predicted octanol–water partition coefficient (Wildman–Crippen LogP) is 7.50. The Hall–Kier alpha value is -3.72. The second-order valence-electron chi connectivity index (χ2n) is 8.11. The second kappa shape index (κ2) is 28.4. The molecule has 6 nitrogen and oxygen atoms in total. The van der Waals surface area contributed by atoms with Crippen molar-refractivity contribution >= 4 is 56.2 Å². The number of hydrogen-bond acceptors (Lipinski definition) is 6. The zero-order valence-corrected chi connectivity index (χ0v) is 28.4. The molecule has 0 aromatic heterocycles. The fourth-order valence-corrected chi connectivity index (χ4v) is 3.60. The van der Waals surface area contributed by atoms with Crippen LogP contribution in [0.4, 0.5) is 0 Å². The van der Waals surface area contributed by atoms with Crippen LogP contribution >= 0.6 is 31.9 Å². The molecule has 2 aromatic carbocycles. The number of alkyl halides is 2. The van der Waals surface area contributed by atoms with Gasteiger partial charge in [0.25, 0.3) is 0 Å². The van der Waals surface area contributed by atoms with E-state index >= 15 is 0 Å². The SMILES string of the molecule is BrC/C=C/CBr.C#C.C#CC.C=CC1CC1(N=Cc1ccccc1)C(=O)OCC.CCOC(=O)CN=Cc1ccccc1. The van der Waals surface area contributed by atoms with Crippen LogP contribution in [0.15, 0.2) is 95.5 Å². The molecule has 0 heterocycles. The van der Waals surface area contributed by atoms with Crippen LogP contribution in [0.2, 0.25) is 0 Å². The number of rotatable bonds is 11. The normalized spacial score (nSPS) is 15.9. The molecular formula is C35H42Br2N2O4. The Kier molecular flexibility index (Phi) is 27.4. The number of ether oxygens (including phenoxy) is 2. The number of esters is 2. The maximum atomic E-state index is 11.9. The van der Waals surface area contributed by atoms with E-state index in [1.165, 1.54) is 0 Å². The fourth-order valence-electron chi connectivity index (χ4n) is 3.07. The summed E-state index contributed by atoms with van der Waals surface area (Å²) >= 11 is 6.49. The molecule has 8 heteroatoms. The van der Waals surface area contributed by atoms with Crippen molar-refractivity contribution in [2.24, 2.45) is 15.9 Å². The minimum Gasteiger partial charge on any atom is -0.465 e. The molecule has 0 amide bonds. The van der Waals surface area contributed by atoms with Gasteiger partial charge in [-0.2, -0.15) is 0 Å². The van der Waals surface area contributed by atoms with E-state index in [2.05, 4.69) is 85.8 Å². The number of aliphatic imine (C=N–C) groups is 2. The third-order valence-electron chi connectivity index (χ3n) is 5.05. The summed E-state index contributed by atoms with van der Waals surface area (Å²) in [6.07, 6.45) is 22.6. The highest BCUT2D eigenvalue weighted by Crippen LogP contribution is 2.48. The van der Waals surface area contributed by atoms with E-state index in [1.54, 1.807) is 39.3 Å². The summed E-state index contributed by atoms with van der Waals surface area (Å²) in [5, 5.41) is 1.91. The number of allylic oxidation sites excluding steroid dienone is 2. The average Bonchev–Trinajstić information content (AvgIpc) is 3.77. The van der Waals surface area contributed by atoms with Gasteiger partial charge in [0.2, 0.25) is 0 Å². The van der Waals surface area contributed by atoms with Crippen molar-refractivity contribution in [1.82, 2.24) is 0 Å². The summed E-state index contributed by atoms with van der Waals surface area (Å²) in [6, 6.07) is 19.4. The molecule has 2 aromatic rings. The maximum absolute atomic E-state index is 11.9. The van der Waals surface area contributed by atoms with E-state index in [0.717, 1.165) is 21.8 Å². The monoisotopic (exact) mass is 712 g/mol. The Labute approximate surface area is 275 Å². The van der Waals surface area contributed by atoms with E-state index in [-0.39, 0.29) is 24.4 Å².